The lowest BCUT2D eigenvalue weighted by molar-refractivity contribution is 0.0228. The number of cyclic esters (lactones) is 1. The van der Waals surface area contributed by atoms with Crippen molar-refractivity contribution in [3.8, 4) is 11.5 Å². The van der Waals surface area contributed by atoms with Gasteiger partial charge >= 0.3 is 5.97 Å². The molecule has 0 amide bonds. The number of esters is 1. The largest absolute Gasteiger partial charge is 0.493 e. The average Bonchev–Trinajstić information content (AvgIpc) is 3.40. The van der Waals surface area contributed by atoms with Crippen molar-refractivity contribution in [2.24, 2.45) is 0 Å². The Morgan fingerprint density at radius 3 is 1.52 bits per heavy atom. The first-order chi connectivity index (χ1) is 23.4. The summed E-state index contributed by atoms with van der Waals surface area (Å²) in [6.07, 6.45) is 11.6. The van der Waals surface area contributed by atoms with E-state index in [2.05, 4.69) is 80.8 Å². The van der Waals surface area contributed by atoms with Gasteiger partial charge in [-0.2, -0.15) is 0 Å². The SMILES string of the molecule is CCCCN(CCCC)c1ccc(C2(c3ccc(N(CCCC)CCCC)cc3OCC)OC(=O)c3cc(CC)cnc32)c(OCC)c1. The second-order valence-electron chi connectivity index (χ2n) is 12.8. The lowest BCUT2D eigenvalue weighted by Crippen LogP contribution is -2.33. The molecule has 0 fully saturated rings. The Morgan fingerprint density at radius 2 is 1.12 bits per heavy atom. The van der Waals surface area contributed by atoms with E-state index in [1.807, 2.05) is 26.1 Å². The van der Waals surface area contributed by atoms with Crippen LogP contribution < -0.4 is 19.3 Å². The van der Waals surface area contributed by atoms with Crippen molar-refractivity contribution in [2.75, 3.05) is 49.2 Å². The standard InChI is InChI=1S/C41H59N3O4/c1-8-15-23-43(24-16-9-2)32-19-21-35(37(28-32)46-13-6)41(39-34(40(45)48-41)27-31(12-5)30-42-39)36-22-20-33(29-38(36)47-14-7)44(25-17-10-3)26-18-11-4/h19-22,27-30H,8-18,23-26H2,1-7H3. The molecule has 1 aliphatic rings. The van der Waals surface area contributed by atoms with E-state index in [1.165, 1.54) is 0 Å². The third-order valence-corrected chi connectivity index (χ3v) is 9.30. The molecule has 7 heteroatoms. The van der Waals surface area contributed by atoms with E-state index in [-0.39, 0.29) is 5.97 Å². The van der Waals surface area contributed by atoms with Crippen LogP contribution in [0.4, 0.5) is 11.4 Å². The van der Waals surface area contributed by atoms with Crippen molar-refractivity contribution >= 4 is 17.3 Å². The number of aromatic nitrogens is 1. The molecule has 3 aromatic rings. The molecule has 0 atom stereocenters. The molecular formula is C41H59N3O4. The number of rotatable bonds is 21. The molecule has 1 aliphatic heterocycles. The molecule has 2 heterocycles. The highest BCUT2D eigenvalue weighted by atomic mass is 16.6. The fraction of sp³-hybridized carbons (Fsp3) is 0.561. The van der Waals surface area contributed by atoms with Gasteiger partial charge in [0.1, 0.15) is 17.2 Å². The lowest BCUT2D eigenvalue weighted by Gasteiger charge is -2.34. The Hall–Kier alpha value is -3.74. The van der Waals surface area contributed by atoms with E-state index in [0.717, 1.165) is 112 Å². The van der Waals surface area contributed by atoms with Crippen LogP contribution in [-0.2, 0) is 16.8 Å². The number of aryl methyl sites for hydroxylation is 1. The third kappa shape index (κ3) is 8.10. The number of carbonyl (C=O) groups is 1. The van der Waals surface area contributed by atoms with Gasteiger partial charge in [0.15, 0.2) is 0 Å². The zero-order valence-corrected chi connectivity index (χ0v) is 30.7. The van der Waals surface area contributed by atoms with Crippen LogP contribution in [0.2, 0.25) is 0 Å². The van der Waals surface area contributed by atoms with Crippen molar-refractivity contribution < 1.29 is 19.0 Å². The number of carbonyl (C=O) groups excluding carboxylic acids is 1. The molecule has 0 spiro atoms. The highest BCUT2D eigenvalue weighted by Gasteiger charge is 2.53. The van der Waals surface area contributed by atoms with Gasteiger partial charge in [-0.05, 0) is 81.8 Å². The molecule has 7 nitrogen and oxygen atoms in total. The molecule has 4 rings (SSSR count). The summed E-state index contributed by atoms with van der Waals surface area (Å²) >= 11 is 0. The molecule has 0 radical (unpaired) electrons. The Bertz CT molecular complexity index is 1380. The predicted octanol–water partition coefficient (Wildman–Crippen LogP) is 9.72. The first-order valence-corrected chi connectivity index (χ1v) is 18.7. The van der Waals surface area contributed by atoms with Crippen LogP contribution in [-0.4, -0.2) is 50.3 Å². The lowest BCUT2D eigenvalue weighted by atomic mass is 9.81. The summed E-state index contributed by atoms with van der Waals surface area (Å²) in [4.78, 5) is 23.8. The van der Waals surface area contributed by atoms with Gasteiger partial charge in [0.2, 0.25) is 5.60 Å². The van der Waals surface area contributed by atoms with Crippen LogP contribution in [0.15, 0.2) is 48.7 Å². The number of pyridine rings is 1. The molecule has 262 valence electrons. The Balaban J connectivity index is 1.98. The van der Waals surface area contributed by atoms with Gasteiger partial charge in [-0.1, -0.05) is 60.3 Å². The summed E-state index contributed by atoms with van der Waals surface area (Å²) in [5.74, 6) is 0.994. The normalized spacial score (nSPS) is 13.3. The maximum Gasteiger partial charge on any atom is 0.341 e. The van der Waals surface area contributed by atoms with E-state index in [4.69, 9.17) is 19.2 Å². The molecule has 0 aliphatic carbocycles. The monoisotopic (exact) mass is 657 g/mol. The van der Waals surface area contributed by atoms with Crippen molar-refractivity contribution in [1.82, 2.24) is 4.98 Å². The second kappa shape index (κ2) is 18.1. The van der Waals surface area contributed by atoms with Gasteiger partial charge in [-0.15, -0.1) is 0 Å². The first-order valence-electron chi connectivity index (χ1n) is 18.7. The first kappa shape index (κ1) is 37.1. The number of unbranched alkanes of at least 4 members (excludes halogenated alkanes) is 4. The maximum atomic E-state index is 13.9. The summed E-state index contributed by atoms with van der Waals surface area (Å²) in [6.45, 7) is 19.8. The number of fused-ring (bicyclic) bond motifs is 1. The molecule has 2 aromatic carbocycles. The van der Waals surface area contributed by atoms with Gasteiger partial charge in [0, 0.05) is 67.0 Å². The number of nitrogens with zero attached hydrogens (tertiary/aromatic N) is 3. The smallest absolute Gasteiger partial charge is 0.341 e. The minimum atomic E-state index is -1.35. The van der Waals surface area contributed by atoms with Crippen molar-refractivity contribution in [2.45, 2.75) is 112 Å². The summed E-state index contributed by atoms with van der Waals surface area (Å²) < 4.78 is 19.5. The van der Waals surface area contributed by atoms with Gasteiger partial charge in [0.25, 0.3) is 0 Å². The molecule has 0 bridgehead atoms. The van der Waals surface area contributed by atoms with Crippen molar-refractivity contribution in [1.29, 1.82) is 0 Å². The average molecular weight is 658 g/mol. The van der Waals surface area contributed by atoms with E-state index in [1.54, 1.807) is 0 Å². The van der Waals surface area contributed by atoms with Crippen LogP contribution in [0.25, 0.3) is 0 Å². The number of ether oxygens (including phenoxy) is 3. The zero-order valence-electron chi connectivity index (χ0n) is 30.7. The van der Waals surface area contributed by atoms with Gasteiger partial charge in [0.05, 0.1) is 18.8 Å². The van der Waals surface area contributed by atoms with Crippen LogP contribution in [0.3, 0.4) is 0 Å². The Labute approximate surface area is 290 Å². The quantitative estimate of drug-likeness (QED) is 0.106. The van der Waals surface area contributed by atoms with Crippen molar-refractivity contribution in [3.63, 3.8) is 0 Å². The van der Waals surface area contributed by atoms with E-state index < -0.39 is 5.60 Å². The number of benzene rings is 2. The van der Waals surface area contributed by atoms with E-state index in [0.29, 0.717) is 36.0 Å². The summed E-state index contributed by atoms with van der Waals surface area (Å²) in [7, 11) is 0. The molecular weight excluding hydrogens is 598 g/mol. The van der Waals surface area contributed by atoms with E-state index >= 15 is 0 Å². The van der Waals surface area contributed by atoms with Crippen LogP contribution in [0.1, 0.15) is 133 Å². The summed E-state index contributed by atoms with van der Waals surface area (Å²) in [6, 6.07) is 14.7. The van der Waals surface area contributed by atoms with Gasteiger partial charge in [-0.25, -0.2) is 4.79 Å². The highest BCUT2D eigenvalue weighted by Crippen LogP contribution is 2.52. The Kier molecular flexibility index (Phi) is 14.0. The predicted molar refractivity (Wildman–Crippen MR) is 198 cm³/mol. The van der Waals surface area contributed by atoms with Gasteiger partial charge < -0.3 is 24.0 Å². The van der Waals surface area contributed by atoms with E-state index in [9.17, 15) is 4.79 Å². The molecule has 0 N–H and O–H groups in total. The zero-order chi connectivity index (χ0) is 34.5. The van der Waals surface area contributed by atoms with Crippen molar-refractivity contribution in [3.05, 3.63) is 76.6 Å². The molecule has 48 heavy (non-hydrogen) atoms. The molecule has 0 saturated heterocycles. The summed E-state index contributed by atoms with van der Waals surface area (Å²) in [5.41, 5.74) is 4.45. The fourth-order valence-corrected chi connectivity index (χ4v) is 6.57. The third-order valence-electron chi connectivity index (χ3n) is 9.30. The molecule has 0 saturated carbocycles. The maximum absolute atomic E-state index is 13.9. The highest BCUT2D eigenvalue weighted by molar-refractivity contribution is 5.96. The topological polar surface area (TPSA) is 64.1 Å². The molecule has 1 aromatic heterocycles. The fourth-order valence-electron chi connectivity index (χ4n) is 6.57. The van der Waals surface area contributed by atoms with Crippen LogP contribution >= 0.6 is 0 Å². The van der Waals surface area contributed by atoms with Gasteiger partial charge in [-0.3, -0.25) is 4.98 Å². The summed E-state index contributed by atoms with van der Waals surface area (Å²) in [5, 5.41) is 0. The van der Waals surface area contributed by atoms with Crippen LogP contribution in [0.5, 0.6) is 11.5 Å². The number of hydrogen-bond donors (Lipinski definition) is 0. The molecule has 0 unspecified atom stereocenters. The minimum absolute atomic E-state index is 0.383. The minimum Gasteiger partial charge on any atom is -0.493 e. The number of hydrogen-bond acceptors (Lipinski definition) is 7. The van der Waals surface area contributed by atoms with Crippen LogP contribution in [0, 0.1) is 0 Å². The Morgan fingerprint density at radius 1 is 0.667 bits per heavy atom. The second-order valence-corrected chi connectivity index (χ2v) is 12.8. The number of anilines is 2.